The molecule has 1 aliphatic carbocycles. The van der Waals surface area contributed by atoms with Gasteiger partial charge in [-0.25, -0.2) is 4.79 Å². The number of hydrogen-bond acceptors (Lipinski definition) is 5. The van der Waals surface area contributed by atoms with Crippen LogP contribution in [0.4, 0.5) is 4.79 Å². The third kappa shape index (κ3) is 11.4. The van der Waals surface area contributed by atoms with E-state index in [1.54, 1.807) is 7.11 Å². The van der Waals surface area contributed by atoms with Crippen LogP contribution in [-0.2, 0) is 14.2 Å². The molecule has 0 spiro atoms. The number of carbonyl (C=O) groups is 1. The molecule has 1 saturated heterocycles. The number of ether oxygens (including phenoxy) is 3. The second-order valence-corrected chi connectivity index (χ2v) is 9.58. The first kappa shape index (κ1) is 29.2. The quantitative estimate of drug-likeness (QED) is 0.177. The van der Waals surface area contributed by atoms with Crippen molar-refractivity contribution in [1.82, 2.24) is 15.1 Å². The van der Waals surface area contributed by atoms with Crippen LogP contribution in [0.25, 0.3) is 0 Å². The van der Waals surface area contributed by atoms with Crippen LogP contribution in [0, 0.1) is 5.92 Å². The lowest BCUT2D eigenvalue weighted by Crippen LogP contribution is -2.52. The van der Waals surface area contributed by atoms with Crippen molar-refractivity contribution in [3.8, 4) is 0 Å². The minimum atomic E-state index is -0.458. The van der Waals surface area contributed by atoms with Gasteiger partial charge in [0.05, 0.1) is 13.2 Å². The van der Waals surface area contributed by atoms with Gasteiger partial charge >= 0.3 is 6.09 Å². The number of halogens is 1. The molecule has 2 fully saturated rings. The Kier molecular flexibility index (Phi) is 13.8. The third-order valence-corrected chi connectivity index (χ3v) is 5.63. The van der Waals surface area contributed by atoms with E-state index in [0.717, 1.165) is 64.4 Å². The number of amides is 1. The highest BCUT2D eigenvalue weighted by Crippen LogP contribution is 2.32. The molecule has 2 aliphatic rings. The zero-order chi connectivity index (χ0) is 22.7. The zero-order valence-electron chi connectivity index (χ0n) is 20.7. The summed E-state index contributed by atoms with van der Waals surface area (Å²) in [6.45, 7) is 11.4. The molecule has 0 atom stereocenters. The maximum Gasteiger partial charge on any atom is 0.410 e. The summed E-state index contributed by atoms with van der Waals surface area (Å²) in [6, 6.07) is 0.244. The number of nitrogens with zero attached hydrogens (tertiary/aromatic N) is 3. The average molecular weight is 569 g/mol. The summed E-state index contributed by atoms with van der Waals surface area (Å²) >= 11 is 0. The molecule has 8 nitrogen and oxygen atoms in total. The molecule has 188 valence electrons. The van der Waals surface area contributed by atoms with Gasteiger partial charge in [-0.15, -0.1) is 24.0 Å². The Morgan fingerprint density at radius 3 is 2.34 bits per heavy atom. The van der Waals surface area contributed by atoms with E-state index < -0.39 is 5.60 Å². The fourth-order valence-electron chi connectivity index (χ4n) is 3.77. The van der Waals surface area contributed by atoms with Crippen LogP contribution in [-0.4, -0.2) is 93.7 Å². The minimum absolute atomic E-state index is 0. The van der Waals surface area contributed by atoms with Crippen molar-refractivity contribution < 1.29 is 19.0 Å². The first-order chi connectivity index (χ1) is 14.8. The van der Waals surface area contributed by atoms with E-state index in [1.165, 1.54) is 12.8 Å². The number of methoxy groups -OCH3 is 1. The molecule has 0 aromatic heterocycles. The molecule has 1 N–H and O–H groups in total. The van der Waals surface area contributed by atoms with E-state index >= 15 is 0 Å². The molecule has 1 aliphatic heterocycles. The van der Waals surface area contributed by atoms with E-state index in [4.69, 9.17) is 14.2 Å². The maximum atomic E-state index is 12.8. The van der Waals surface area contributed by atoms with Gasteiger partial charge in [0.15, 0.2) is 5.96 Å². The average Bonchev–Trinajstić information content (AvgIpc) is 3.54. The number of hydrogen-bond donors (Lipinski definition) is 1. The Hall–Kier alpha value is -0.810. The first-order valence-corrected chi connectivity index (χ1v) is 11.9. The fourth-order valence-corrected chi connectivity index (χ4v) is 3.77. The molecular weight excluding hydrogens is 523 g/mol. The van der Waals surface area contributed by atoms with Crippen molar-refractivity contribution in [2.45, 2.75) is 70.9 Å². The number of rotatable bonds is 11. The summed E-state index contributed by atoms with van der Waals surface area (Å²) in [5, 5.41) is 3.47. The predicted octanol–water partition coefficient (Wildman–Crippen LogP) is 3.73. The van der Waals surface area contributed by atoms with Crippen molar-refractivity contribution in [2.75, 3.05) is 60.2 Å². The van der Waals surface area contributed by atoms with Gasteiger partial charge in [-0.3, -0.25) is 4.99 Å². The van der Waals surface area contributed by atoms with E-state index in [0.29, 0.717) is 19.1 Å². The SMILES string of the molecule is CN=C(NCCCCOCCOC)N1CCC(N(CC2CC2)C(=O)OC(C)(C)C)CC1.I. The molecule has 0 bridgehead atoms. The summed E-state index contributed by atoms with van der Waals surface area (Å²) < 4.78 is 16.2. The lowest BCUT2D eigenvalue weighted by Gasteiger charge is -2.40. The Balaban J connectivity index is 0.00000512. The van der Waals surface area contributed by atoms with Crippen LogP contribution in [0.3, 0.4) is 0 Å². The van der Waals surface area contributed by atoms with E-state index in [9.17, 15) is 4.79 Å². The molecule has 1 saturated carbocycles. The fraction of sp³-hybridized carbons (Fsp3) is 0.913. The highest BCUT2D eigenvalue weighted by atomic mass is 127. The smallest absolute Gasteiger partial charge is 0.410 e. The summed E-state index contributed by atoms with van der Waals surface area (Å²) in [4.78, 5) is 21.6. The van der Waals surface area contributed by atoms with Crippen LogP contribution in [0.2, 0.25) is 0 Å². The van der Waals surface area contributed by atoms with Gasteiger partial charge < -0.3 is 29.3 Å². The minimum Gasteiger partial charge on any atom is -0.444 e. The van der Waals surface area contributed by atoms with Gasteiger partial charge in [-0.05, 0) is 65.2 Å². The third-order valence-electron chi connectivity index (χ3n) is 5.63. The molecule has 1 amide bonds. The van der Waals surface area contributed by atoms with E-state index in [1.807, 2.05) is 32.7 Å². The number of guanidine groups is 1. The molecule has 0 radical (unpaired) electrons. The second-order valence-electron chi connectivity index (χ2n) is 9.58. The van der Waals surface area contributed by atoms with Crippen molar-refractivity contribution in [3.05, 3.63) is 0 Å². The molecule has 0 unspecified atom stereocenters. The lowest BCUT2D eigenvalue weighted by atomic mass is 10.0. The van der Waals surface area contributed by atoms with Crippen molar-refractivity contribution in [3.63, 3.8) is 0 Å². The number of unbranched alkanes of at least 4 members (excludes halogenated alkanes) is 1. The predicted molar refractivity (Wildman–Crippen MR) is 139 cm³/mol. The molecule has 0 aromatic carbocycles. The normalized spacial score (nSPS) is 17.7. The van der Waals surface area contributed by atoms with Crippen LogP contribution in [0.1, 0.15) is 59.3 Å². The van der Waals surface area contributed by atoms with Crippen molar-refractivity contribution in [1.29, 1.82) is 0 Å². The maximum absolute atomic E-state index is 12.8. The molecular formula is C23H45IN4O4. The van der Waals surface area contributed by atoms with Gasteiger partial charge in [0.1, 0.15) is 5.60 Å². The molecule has 2 rings (SSSR count). The second kappa shape index (κ2) is 15.2. The number of nitrogens with one attached hydrogen (secondary N) is 1. The Morgan fingerprint density at radius 2 is 1.78 bits per heavy atom. The highest BCUT2D eigenvalue weighted by Gasteiger charge is 2.35. The van der Waals surface area contributed by atoms with Gasteiger partial charge in [0, 0.05) is 53.0 Å². The van der Waals surface area contributed by atoms with Gasteiger partial charge in [-0.1, -0.05) is 0 Å². The van der Waals surface area contributed by atoms with Crippen LogP contribution >= 0.6 is 24.0 Å². The van der Waals surface area contributed by atoms with Crippen LogP contribution in [0.5, 0.6) is 0 Å². The number of aliphatic imine (C=N–C) groups is 1. The molecule has 32 heavy (non-hydrogen) atoms. The van der Waals surface area contributed by atoms with Crippen molar-refractivity contribution >= 4 is 36.0 Å². The van der Waals surface area contributed by atoms with Gasteiger partial charge in [-0.2, -0.15) is 0 Å². The van der Waals surface area contributed by atoms with Crippen molar-refractivity contribution in [2.24, 2.45) is 10.9 Å². The zero-order valence-corrected chi connectivity index (χ0v) is 23.1. The molecule has 1 heterocycles. The Labute approximate surface area is 211 Å². The topological polar surface area (TPSA) is 75.6 Å². The van der Waals surface area contributed by atoms with Gasteiger partial charge in [0.2, 0.25) is 0 Å². The standard InChI is InChI=1S/C23H44N4O4.HI/c1-23(2,3)31-22(28)27(18-19-8-9-19)20-10-13-26(14-11-20)21(24-4)25-12-6-7-15-30-17-16-29-5;/h19-20H,6-18H2,1-5H3,(H,24,25);1H. The number of piperidine rings is 1. The monoisotopic (exact) mass is 568 g/mol. The number of likely N-dealkylation sites (tertiary alicyclic amines) is 1. The largest absolute Gasteiger partial charge is 0.444 e. The lowest BCUT2D eigenvalue weighted by molar-refractivity contribution is 0.00928. The van der Waals surface area contributed by atoms with Crippen LogP contribution in [0.15, 0.2) is 4.99 Å². The summed E-state index contributed by atoms with van der Waals surface area (Å²) in [5.41, 5.74) is -0.458. The summed E-state index contributed by atoms with van der Waals surface area (Å²) in [6.07, 6.45) is 6.24. The van der Waals surface area contributed by atoms with E-state index in [-0.39, 0.29) is 36.1 Å². The van der Waals surface area contributed by atoms with E-state index in [2.05, 4.69) is 15.2 Å². The summed E-state index contributed by atoms with van der Waals surface area (Å²) in [5.74, 6) is 1.60. The van der Waals surface area contributed by atoms with Crippen LogP contribution < -0.4 is 5.32 Å². The van der Waals surface area contributed by atoms with Gasteiger partial charge in [0.25, 0.3) is 0 Å². The molecule has 0 aromatic rings. The first-order valence-electron chi connectivity index (χ1n) is 11.9. The number of carbonyl (C=O) groups excluding carboxylic acids is 1. The summed E-state index contributed by atoms with van der Waals surface area (Å²) in [7, 11) is 3.52. The Morgan fingerprint density at radius 1 is 1.09 bits per heavy atom. The highest BCUT2D eigenvalue weighted by molar-refractivity contribution is 14.0. The molecule has 9 heteroatoms. The Bertz CT molecular complexity index is 559.